The van der Waals surface area contributed by atoms with Gasteiger partial charge in [0.1, 0.15) is 10.8 Å². The number of carboxylic acids is 1. The van der Waals surface area contributed by atoms with Gasteiger partial charge in [-0.25, -0.2) is 4.98 Å². The predicted octanol–water partition coefficient (Wildman–Crippen LogP) is 1.58. The molecule has 1 atom stereocenters. The van der Waals surface area contributed by atoms with E-state index in [-0.39, 0.29) is 12.3 Å². The first-order chi connectivity index (χ1) is 11.0. The molecule has 0 saturated heterocycles. The minimum atomic E-state index is -1.19. The first-order valence-corrected chi connectivity index (χ1v) is 8.05. The van der Waals surface area contributed by atoms with Crippen LogP contribution in [0, 0.1) is 0 Å². The molecule has 0 fully saturated rings. The number of aliphatic carboxylic acids is 1. The van der Waals surface area contributed by atoms with E-state index in [4.69, 9.17) is 4.74 Å². The first kappa shape index (κ1) is 17.0. The molecule has 7 heteroatoms. The third-order valence-corrected chi connectivity index (χ3v) is 4.17. The van der Waals surface area contributed by atoms with Crippen LogP contribution in [0.4, 0.5) is 5.69 Å². The largest absolute Gasteiger partial charge is 0.550 e. The van der Waals surface area contributed by atoms with Gasteiger partial charge in [0.25, 0.3) is 0 Å². The standard InChI is InChI=1S/C16H18N2O4S/c1-3-22-13-6-4-11(5-7-13)17-15(21)10(2)16-18-12(9-23-16)8-14(19)20/h4-7,9-10H,3,8H2,1-2H3,(H,17,21)(H,19,20)/p-1/t10-/m1/s1. The van der Waals surface area contributed by atoms with E-state index in [2.05, 4.69) is 10.3 Å². The van der Waals surface area contributed by atoms with Crippen molar-refractivity contribution in [2.75, 3.05) is 11.9 Å². The van der Waals surface area contributed by atoms with Crippen molar-refractivity contribution in [1.82, 2.24) is 4.98 Å². The van der Waals surface area contributed by atoms with Gasteiger partial charge in [0.2, 0.25) is 5.91 Å². The molecule has 0 spiro atoms. The number of carboxylic acid groups (broad SMARTS) is 1. The Labute approximate surface area is 138 Å². The molecule has 6 nitrogen and oxygen atoms in total. The summed E-state index contributed by atoms with van der Waals surface area (Å²) in [5.74, 6) is -1.12. The molecule has 2 aromatic rings. The Morgan fingerprint density at radius 2 is 2.04 bits per heavy atom. The zero-order valence-electron chi connectivity index (χ0n) is 12.9. The number of amides is 1. The molecule has 1 aromatic carbocycles. The summed E-state index contributed by atoms with van der Waals surface area (Å²) in [5, 5.41) is 15.6. The van der Waals surface area contributed by atoms with E-state index >= 15 is 0 Å². The second-order valence-corrected chi connectivity index (χ2v) is 5.78. The SMILES string of the molecule is CCOc1ccc(NC(=O)[C@@H](C)c2nc(CC(=O)[O-])cs2)cc1. The van der Waals surface area contributed by atoms with E-state index in [1.807, 2.05) is 6.92 Å². The van der Waals surface area contributed by atoms with Gasteiger partial charge in [0.05, 0.1) is 18.2 Å². The van der Waals surface area contributed by atoms with Crippen molar-refractivity contribution in [3.05, 3.63) is 40.3 Å². The fraction of sp³-hybridized carbons (Fsp3) is 0.312. The monoisotopic (exact) mass is 333 g/mol. The molecule has 0 aliphatic rings. The van der Waals surface area contributed by atoms with Crippen molar-refractivity contribution in [2.24, 2.45) is 0 Å². The highest BCUT2D eigenvalue weighted by atomic mass is 32.1. The smallest absolute Gasteiger partial charge is 0.234 e. The number of benzene rings is 1. The summed E-state index contributed by atoms with van der Waals surface area (Å²) in [7, 11) is 0. The average molecular weight is 333 g/mol. The highest BCUT2D eigenvalue weighted by molar-refractivity contribution is 7.09. The molecule has 0 aliphatic carbocycles. The zero-order valence-corrected chi connectivity index (χ0v) is 13.7. The third-order valence-electron chi connectivity index (χ3n) is 3.09. The fourth-order valence-electron chi connectivity index (χ4n) is 1.91. The van der Waals surface area contributed by atoms with E-state index in [0.29, 0.717) is 23.0 Å². The molecular weight excluding hydrogens is 316 g/mol. The number of aromatic nitrogens is 1. The summed E-state index contributed by atoms with van der Waals surface area (Å²) < 4.78 is 5.34. The van der Waals surface area contributed by atoms with Crippen LogP contribution in [-0.2, 0) is 16.0 Å². The van der Waals surface area contributed by atoms with Gasteiger partial charge >= 0.3 is 0 Å². The molecule has 0 unspecified atom stereocenters. The maximum atomic E-state index is 12.3. The number of nitrogens with zero attached hydrogens (tertiary/aromatic N) is 1. The van der Waals surface area contributed by atoms with Gasteiger partial charge in [-0.15, -0.1) is 11.3 Å². The van der Waals surface area contributed by atoms with Crippen molar-refractivity contribution < 1.29 is 19.4 Å². The van der Waals surface area contributed by atoms with Crippen molar-refractivity contribution in [3.8, 4) is 5.75 Å². The minimum absolute atomic E-state index is 0.205. The van der Waals surface area contributed by atoms with Crippen molar-refractivity contribution in [2.45, 2.75) is 26.2 Å². The minimum Gasteiger partial charge on any atom is -0.550 e. The van der Waals surface area contributed by atoms with Gasteiger partial charge < -0.3 is 20.0 Å². The van der Waals surface area contributed by atoms with E-state index in [1.165, 1.54) is 11.3 Å². The molecular formula is C16H17N2O4S-. The maximum absolute atomic E-state index is 12.3. The van der Waals surface area contributed by atoms with Crippen LogP contribution in [-0.4, -0.2) is 23.5 Å². The lowest BCUT2D eigenvalue weighted by atomic mass is 10.1. The predicted molar refractivity (Wildman–Crippen MR) is 85.5 cm³/mol. The Balaban J connectivity index is 1.99. The Kier molecular flexibility index (Phi) is 5.70. The number of nitrogens with one attached hydrogen (secondary N) is 1. The topological polar surface area (TPSA) is 91.3 Å². The number of rotatable bonds is 7. The van der Waals surface area contributed by atoms with Gasteiger partial charge in [-0.3, -0.25) is 4.79 Å². The Morgan fingerprint density at radius 1 is 1.35 bits per heavy atom. The normalized spacial score (nSPS) is 11.7. The molecule has 0 radical (unpaired) electrons. The van der Waals surface area contributed by atoms with Gasteiger partial charge in [-0.2, -0.15) is 0 Å². The molecule has 1 N–H and O–H groups in total. The summed E-state index contributed by atoms with van der Waals surface area (Å²) in [5.41, 5.74) is 1.07. The average Bonchev–Trinajstić information content (AvgIpc) is 2.96. The number of hydrogen-bond acceptors (Lipinski definition) is 6. The highest BCUT2D eigenvalue weighted by Crippen LogP contribution is 2.23. The molecule has 1 aromatic heterocycles. The van der Waals surface area contributed by atoms with Gasteiger partial charge in [-0.1, -0.05) is 0 Å². The highest BCUT2D eigenvalue weighted by Gasteiger charge is 2.19. The van der Waals surface area contributed by atoms with Crippen LogP contribution in [0.1, 0.15) is 30.5 Å². The number of hydrogen-bond donors (Lipinski definition) is 1. The Hall–Kier alpha value is -2.41. The summed E-state index contributed by atoms with van der Waals surface area (Å²) in [6.07, 6.45) is -0.246. The van der Waals surface area contributed by atoms with Gasteiger partial charge in [-0.05, 0) is 38.1 Å². The van der Waals surface area contributed by atoms with Crippen LogP contribution < -0.4 is 15.2 Å². The number of carbonyl (C=O) groups is 2. The second kappa shape index (κ2) is 7.73. The quantitative estimate of drug-likeness (QED) is 0.830. The molecule has 122 valence electrons. The Bertz CT molecular complexity index is 682. The van der Waals surface area contributed by atoms with E-state index < -0.39 is 11.9 Å². The lowest BCUT2D eigenvalue weighted by Gasteiger charge is -2.10. The number of anilines is 1. The lowest BCUT2D eigenvalue weighted by Crippen LogP contribution is -2.24. The summed E-state index contributed by atoms with van der Waals surface area (Å²) in [4.78, 5) is 27.0. The van der Waals surface area contributed by atoms with Crippen molar-refractivity contribution >= 4 is 28.9 Å². The number of carbonyl (C=O) groups excluding carboxylic acids is 2. The molecule has 0 saturated carbocycles. The van der Waals surface area contributed by atoms with Crippen LogP contribution in [0.15, 0.2) is 29.6 Å². The third kappa shape index (κ3) is 4.79. The molecule has 1 amide bonds. The number of thiazole rings is 1. The van der Waals surface area contributed by atoms with E-state index in [9.17, 15) is 14.7 Å². The van der Waals surface area contributed by atoms with E-state index in [1.54, 1.807) is 36.6 Å². The lowest BCUT2D eigenvalue weighted by molar-refractivity contribution is -0.304. The molecule has 2 rings (SSSR count). The van der Waals surface area contributed by atoms with Crippen LogP contribution in [0.5, 0.6) is 5.75 Å². The number of ether oxygens (including phenoxy) is 1. The second-order valence-electron chi connectivity index (χ2n) is 4.89. The van der Waals surface area contributed by atoms with Crippen LogP contribution >= 0.6 is 11.3 Å². The Morgan fingerprint density at radius 3 is 2.65 bits per heavy atom. The zero-order chi connectivity index (χ0) is 16.8. The summed E-state index contributed by atoms with van der Waals surface area (Å²) in [6, 6.07) is 7.09. The molecule has 0 bridgehead atoms. The fourth-order valence-corrected chi connectivity index (χ4v) is 2.79. The van der Waals surface area contributed by atoms with Crippen LogP contribution in [0.25, 0.3) is 0 Å². The molecule has 0 aliphatic heterocycles. The summed E-state index contributed by atoms with van der Waals surface area (Å²) >= 11 is 1.26. The molecule has 1 heterocycles. The van der Waals surface area contributed by atoms with Gasteiger partial charge in [0.15, 0.2) is 0 Å². The van der Waals surface area contributed by atoms with Crippen molar-refractivity contribution in [1.29, 1.82) is 0 Å². The van der Waals surface area contributed by atoms with E-state index in [0.717, 1.165) is 5.75 Å². The van der Waals surface area contributed by atoms with Gasteiger partial charge in [0, 0.05) is 23.5 Å². The van der Waals surface area contributed by atoms with Crippen LogP contribution in [0.3, 0.4) is 0 Å². The molecule has 23 heavy (non-hydrogen) atoms. The summed E-state index contributed by atoms with van der Waals surface area (Å²) in [6.45, 7) is 4.21. The maximum Gasteiger partial charge on any atom is 0.234 e. The van der Waals surface area contributed by atoms with Crippen LogP contribution in [0.2, 0.25) is 0 Å². The van der Waals surface area contributed by atoms with Crippen molar-refractivity contribution in [3.63, 3.8) is 0 Å². The first-order valence-electron chi connectivity index (χ1n) is 7.17.